The Labute approximate surface area is 83.5 Å². The van der Waals surface area contributed by atoms with Crippen LogP contribution < -0.4 is 0 Å². The minimum atomic E-state index is -4.01. The van der Waals surface area contributed by atoms with Gasteiger partial charge in [0.25, 0.3) is 0 Å². The molecule has 10 nitrogen and oxygen atoms in total. The Morgan fingerprint density at radius 2 is 1.36 bits per heavy atom. The van der Waals surface area contributed by atoms with Gasteiger partial charge in [0.15, 0.2) is 14.8 Å². The zero-order valence-electron chi connectivity index (χ0n) is 6.28. The molecule has 0 saturated carbocycles. The number of ketones is 1. The summed E-state index contributed by atoms with van der Waals surface area (Å²) in [7, 11) is 0. The van der Waals surface area contributed by atoms with Gasteiger partial charge in [0.2, 0.25) is 0 Å². The van der Waals surface area contributed by atoms with Gasteiger partial charge >= 0.3 is 11.6 Å². The van der Waals surface area contributed by atoms with E-state index in [-0.39, 0.29) is 0 Å². The van der Waals surface area contributed by atoms with Crippen LogP contribution >= 0.6 is 15.9 Å². The monoisotopic (exact) mass is 271 g/mol. The van der Waals surface area contributed by atoms with Crippen molar-refractivity contribution in [1.82, 2.24) is 0 Å². The lowest BCUT2D eigenvalue weighted by Gasteiger charge is -2.05. The number of alkyl halides is 1. The summed E-state index contributed by atoms with van der Waals surface area (Å²) in [6, 6.07) is 0. The van der Waals surface area contributed by atoms with Gasteiger partial charge in [-0.25, -0.2) is 0 Å². The van der Waals surface area contributed by atoms with Gasteiger partial charge < -0.3 is 0 Å². The largest absolute Gasteiger partial charge is 0.762 e. The van der Waals surface area contributed by atoms with Crippen molar-refractivity contribution in [3.05, 3.63) is 30.3 Å². The van der Waals surface area contributed by atoms with Crippen LogP contribution in [0.4, 0.5) is 0 Å². The average molecular weight is 272 g/mol. The van der Waals surface area contributed by atoms with Gasteiger partial charge in [0, 0.05) is 0 Å². The van der Waals surface area contributed by atoms with Crippen LogP contribution in [0.2, 0.25) is 0 Å². The number of hydrogen-bond acceptors (Lipinski definition) is 7. The first kappa shape index (κ1) is 12.3. The van der Waals surface area contributed by atoms with E-state index in [0.29, 0.717) is 0 Å². The number of carbonyl (C=O) groups excluding carboxylic acids is 1. The normalized spacial score (nSPS) is 10.6. The molecule has 0 atom stereocenters. The summed E-state index contributed by atoms with van der Waals surface area (Å²) in [6.07, 6.45) is 0. The lowest BCUT2D eigenvalue weighted by atomic mass is 10.2. The van der Waals surface area contributed by atoms with Crippen molar-refractivity contribution in [2.75, 3.05) is 5.33 Å². The minimum Gasteiger partial charge on any atom is -0.272 e. The summed E-state index contributed by atoms with van der Waals surface area (Å²) in [5.41, 5.74) is 0. The molecule has 0 heterocycles. The second kappa shape index (κ2) is 4.04. The lowest BCUT2D eigenvalue weighted by Crippen LogP contribution is -2.59. The molecule has 11 heteroatoms. The van der Waals surface area contributed by atoms with Crippen LogP contribution in [0.15, 0.2) is 0 Å². The van der Waals surface area contributed by atoms with E-state index in [4.69, 9.17) is 0 Å². The Morgan fingerprint density at radius 3 is 1.43 bits per heavy atom. The molecule has 0 spiro atoms. The molecule has 78 valence electrons. The minimum absolute atomic E-state index is 0.851. The molecule has 0 aromatic carbocycles. The molecule has 0 aliphatic heterocycles. The maximum Gasteiger partial charge on any atom is 0.762 e. The van der Waals surface area contributed by atoms with E-state index in [2.05, 4.69) is 15.9 Å². The summed E-state index contributed by atoms with van der Waals surface area (Å²) in [6.45, 7) is 0. The number of rotatable bonds is 5. The first-order valence-electron chi connectivity index (χ1n) is 2.84. The Hall–Kier alpha value is -1.65. The molecule has 0 aliphatic carbocycles. The SMILES string of the molecule is O=C(CBr)C([N+](=O)[O-])([N+](=O)[O-])[N+](=O)[O-]. The molecule has 0 radical (unpaired) electrons. The zero-order valence-corrected chi connectivity index (χ0v) is 7.87. The summed E-state index contributed by atoms with van der Waals surface area (Å²) >= 11 is 2.39. The van der Waals surface area contributed by atoms with E-state index in [0.717, 1.165) is 0 Å². The molecule has 0 aromatic heterocycles. The maximum atomic E-state index is 10.8. The van der Waals surface area contributed by atoms with Gasteiger partial charge in [-0.15, -0.1) is 0 Å². The van der Waals surface area contributed by atoms with Crippen LogP contribution in [0.25, 0.3) is 0 Å². The summed E-state index contributed by atoms with van der Waals surface area (Å²) in [5.74, 6) is -5.76. The molecule has 0 saturated heterocycles. The van der Waals surface area contributed by atoms with Crippen LogP contribution in [0, 0.1) is 30.3 Å². The highest BCUT2D eigenvalue weighted by atomic mass is 79.9. The van der Waals surface area contributed by atoms with Crippen molar-refractivity contribution in [3.8, 4) is 0 Å². The molecule has 0 aliphatic rings. The first-order chi connectivity index (χ1) is 6.31. The fourth-order valence-electron chi connectivity index (χ4n) is 0.595. The van der Waals surface area contributed by atoms with Crippen molar-refractivity contribution in [1.29, 1.82) is 0 Å². The van der Waals surface area contributed by atoms with Crippen LogP contribution in [0.1, 0.15) is 0 Å². The van der Waals surface area contributed by atoms with E-state index in [9.17, 15) is 35.1 Å². The standard InChI is InChI=1S/C3H2BrN3O7/c4-1-2(8)3(5(9)10,6(11)12)7(13)14/h1H2. The van der Waals surface area contributed by atoms with Gasteiger partial charge in [0.1, 0.15) is 0 Å². The second-order valence-electron chi connectivity index (χ2n) is 1.96. The third-order valence-electron chi connectivity index (χ3n) is 1.26. The summed E-state index contributed by atoms with van der Waals surface area (Å²) in [4.78, 5) is 35.8. The molecule has 0 fully saturated rings. The number of carbonyl (C=O) groups is 1. The average Bonchev–Trinajstić information content (AvgIpc) is 2.02. The lowest BCUT2D eigenvalue weighted by molar-refractivity contribution is -0.947. The molecular weight excluding hydrogens is 270 g/mol. The summed E-state index contributed by atoms with van der Waals surface area (Å²) < 4.78 is 0. The van der Waals surface area contributed by atoms with Crippen molar-refractivity contribution in [3.63, 3.8) is 0 Å². The fourth-order valence-corrected chi connectivity index (χ4v) is 0.971. The van der Waals surface area contributed by atoms with Crippen LogP contribution in [0.5, 0.6) is 0 Å². The number of Topliss-reactive ketones (excluding diaryl/α,β-unsaturated/α-hetero) is 1. The highest BCUT2D eigenvalue weighted by Gasteiger charge is 2.77. The molecule has 0 rings (SSSR count). The van der Waals surface area contributed by atoms with E-state index in [1.165, 1.54) is 0 Å². The molecule has 0 unspecified atom stereocenters. The van der Waals surface area contributed by atoms with Crippen molar-refractivity contribution in [2.24, 2.45) is 0 Å². The van der Waals surface area contributed by atoms with Crippen LogP contribution in [0.3, 0.4) is 0 Å². The van der Waals surface area contributed by atoms with Gasteiger partial charge in [0.05, 0.1) is 5.33 Å². The summed E-state index contributed by atoms with van der Waals surface area (Å²) in [5, 5.41) is 29.7. The Morgan fingerprint density at radius 1 is 1.07 bits per heavy atom. The molecular formula is C3H2BrN3O7. The topological polar surface area (TPSA) is 146 Å². The molecule has 0 amide bonds. The van der Waals surface area contributed by atoms with Gasteiger partial charge in [-0.3, -0.25) is 35.1 Å². The Bertz CT molecular complexity index is 277. The van der Waals surface area contributed by atoms with E-state index in [1.807, 2.05) is 0 Å². The predicted octanol–water partition coefficient (Wildman–Crippen LogP) is -0.566. The van der Waals surface area contributed by atoms with E-state index >= 15 is 0 Å². The van der Waals surface area contributed by atoms with Crippen molar-refractivity contribution < 1.29 is 19.6 Å². The van der Waals surface area contributed by atoms with Crippen LogP contribution in [-0.4, -0.2) is 31.7 Å². The Kier molecular flexibility index (Phi) is 3.56. The fraction of sp³-hybridized carbons (Fsp3) is 0.667. The van der Waals surface area contributed by atoms with Gasteiger partial charge in [-0.05, 0) is 0 Å². The zero-order chi connectivity index (χ0) is 11.5. The highest BCUT2D eigenvalue weighted by Crippen LogP contribution is 2.14. The highest BCUT2D eigenvalue weighted by molar-refractivity contribution is 9.09. The van der Waals surface area contributed by atoms with Crippen LogP contribution in [-0.2, 0) is 4.79 Å². The van der Waals surface area contributed by atoms with Gasteiger partial charge in [-0.2, -0.15) is 0 Å². The maximum absolute atomic E-state index is 10.8. The number of nitro groups is 3. The van der Waals surface area contributed by atoms with Crippen molar-refractivity contribution in [2.45, 2.75) is 5.79 Å². The number of hydrogen-bond donors (Lipinski definition) is 0. The second-order valence-corrected chi connectivity index (χ2v) is 2.52. The van der Waals surface area contributed by atoms with Crippen molar-refractivity contribution >= 4 is 21.7 Å². The quantitative estimate of drug-likeness (QED) is 0.282. The third kappa shape index (κ3) is 1.53. The smallest absolute Gasteiger partial charge is 0.272 e. The molecule has 0 bridgehead atoms. The Balaban J connectivity index is 5.63. The molecule has 0 N–H and O–H groups in total. The number of nitrogens with zero attached hydrogens (tertiary/aromatic N) is 3. The van der Waals surface area contributed by atoms with E-state index < -0.39 is 31.7 Å². The third-order valence-corrected chi connectivity index (χ3v) is 1.77. The van der Waals surface area contributed by atoms with E-state index in [1.54, 1.807) is 0 Å². The molecule has 0 aromatic rings. The number of halogens is 1. The molecule has 14 heavy (non-hydrogen) atoms. The first-order valence-corrected chi connectivity index (χ1v) is 3.96. The van der Waals surface area contributed by atoms with Gasteiger partial charge in [-0.1, -0.05) is 15.9 Å². The predicted molar refractivity (Wildman–Crippen MR) is 42.5 cm³/mol.